The van der Waals surface area contributed by atoms with E-state index in [4.69, 9.17) is 9.47 Å². The molecule has 0 unspecified atom stereocenters. The summed E-state index contributed by atoms with van der Waals surface area (Å²) in [5.41, 5.74) is 5.02. The zero-order valence-corrected chi connectivity index (χ0v) is 19.8. The third-order valence-electron chi connectivity index (χ3n) is 4.92. The van der Waals surface area contributed by atoms with Gasteiger partial charge in [0.05, 0.1) is 36.7 Å². The minimum absolute atomic E-state index is 0.0617. The molecule has 0 aliphatic heterocycles. The standard InChI is InChI=1S/C23H24N4O6S/c1-15-5-9-20(16(2)11-15)26-34(30,31)23-12-18(27(28)29)7-10-21(23)25-24-14-17-6-8-19(32-3)13-22(17)33-4/h5-14,25-26H,1-4H3/b24-14-. The number of hydrogen-bond donors (Lipinski definition) is 2. The van der Waals surface area contributed by atoms with Crippen molar-refractivity contribution < 1.29 is 22.8 Å². The first-order valence-corrected chi connectivity index (χ1v) is 11.5. The van der Waals surface area contributed by atoms with E-state index in [0.29, 0.717) is 28.3 Å². The van der Waals surface area contributed by atoms with E-state index >= 15 is 0 Å². The van der Waals surface area contributed by atoms with Gasteiger partial charge in [-0.05, 0) is 43.7 Å². The summed E-state index contributed by atoms with van der Waals surface area (Å²) in [6, 6.07) is 13.8. The highest BCUT2D eigenvalue weighted by Gasteiger charge is 2.23. The highest BCUT2D eigenvalue weighted by Crippen LogP contribution is 2.29. The molecular formula is C23H24N4O6S. The lowest BCUT2D eigenvalue weighted by Gasteiger charge is -2.14. The summed E-state index contributed by atoms with van der Waals surface area (Å²) in [6.07, 6.45) is 1.44. The molecule has 0 atom stereocenters. The van der Waals surface area contributed by atoms with Crippen molar-refractivity contribution in [1.82, 2.24) is 0 Å². The zero-order valence-electron chi connectivity index (χ0n) is 19.0. The fourth-order valence-electron chi connectivity index (χ4n) is 3.16. The third-order valence-corrected chi connectivity index (χ3v) is 6.33. The summed E-state index contributed by atoms with van der Waals surface area (Å²) >= 11 is 0. The number of ether oxygens (including phenoxy) is 2. The van der Waals surface area contributed by atoms with Crippen LogP contribution < -0.4 is 19.6 Å². The molecule has 0 aromatic heterocycles. The van der Waals surface area contributed by atoms with Crippen LogP contribution in [0.4, 0.5) is 17.1 Å². The fraction of sp³-hybridized carbons (Fsp3) is 0.174. The SMILES string of the molecule is COc1ccc(/C=N\Nc2ccc([N+](=O)[O-])cc2S(=O)(=O)Nc2ccc(C)cc2C)c(OC)c1. The molecule has 11 heteroatoms. The highest BCUT2D eigenvalue weighted by atomic mass is 32.2. The first kappa shape index (κ1) is 24.5. The number of aryl methyl sites for hydroxylation is 2. The number of hydrogen-bond acceptors (Lipinski definition) is 8. The summed E-state index contributed by atoms with van der Waals surface area (Å²) in [4.78, 5) is 10.3. The molecule has 0 radical (unpaired) electrons. The van der Waals surface area contributed by atoms with Crippen LogP contribution in [-0.4, -0.2) is 33.8 Å². The van der Waals surface area contributed by atoms with Crippen LogP contribution in [0.2, 0.25) is 0 Å². The van der Waals surface area contributed by atoms with Crippen LogP contribution in [0.3, 0.4) is 0 Å². The maximum absolute atomic E-state index is 13.2. The van der Waals surface area contributed by atoms with Crippen LogP contribution in [0.25, 0.3) is 0 Å². The molecule has 178 valence electrons. The van der Waals surface area contributed by atoms with Crippen molar-refractivity contribution in [2.24, 2.45) is 5.10 Å². The molecule has 10 nitrogen and oxygen atoms in total. The lowest BCUT2D eigenvalue weighted by molar-refractivity contribution is -0.385. The van der Waals surface area contributed by atoms with Crippen LogP contribution >= 0.6 is 0 Å². The smallest absolute Gasteiger partial charge is 0.270 e. The Bertz CT molecular complexity index is 1360. The Morgan fingerprint density at radius 2 is 1.71 bits per heavy atom. The lowest BCUT2D eigenvalue weighted by atomic mass is 10.1. The fourth-order valence-corrected chi connectivity index (χ4v) is 4.47. The first-order valence-electron chi connectivity index (χ1n) is 10.0. The van der Waals surface area contributed by atoms with Crippen LogP contribution in [0, 0.1) is 24.0 Å². The molecule has 0 aliphatic rings. The molecular weight excluding hydrogens is 460 g/mol. The van der Waals surface area contributed by atoms with Gasteiger partial charge in [-0.3, -0.25) is 20.3 Å². The van der Waals surface area contributed by atoms with Crippen LogP contribution in [-0.2, 0) is 10.0 Å². The number of hydrazone groups is 1. The minimum Gasteiger partial charge on any atom is -0.497 e. The number of nitro benzene ring substituents is 1. The number of anilines is 2. The summed E-state index contributed by atoms with van der Waals surface area (Å²) in [5, 5.41) is 15.4. The van der Waals surface area contributed by atoms with Gasteiger partial charge >= 0.3 is 0 Å². The van der Waals surface area contributed by atoms with Gasteiger partial charge in [0.2, 0.25) is 0 Å². The Morgan fingerprint density at radius 3 is 2.35 bits per heavy atom. The van der Waals surface area contributed by atoms with Crippen LogP contribution in [0.15, 0.2) is 64.6 Å². The molecule has 0 fully saturated rings. The van der Waals surface area contributed by atoms with Gasteiger partial charge in [0.1, 0.15) is 16.4 Å². The van der Waals surface area contributed by atoms with E-state index in [1.54, 1.807) is 37.3 Å². The van der Waals surface area contributed by atoms with Crippen molar-refractivity contribution in [3.05, 3.63) is 81.4 Å². The second kappa shape index (κ2) is 10.2. The number of rotatable bonds is 9. The number of nitrogens with one attached hydrogen (secondary N) is 2. The zero-order chi connectivity index (χ0) is 24.9. The van der Waals surface area contributed by atoms with Crippen LogP contribution in [0.1, 0.15) is 16.7 Å². The van der Waals surface area contributed by atoms with Crippen LogP contribution in [0.5, 0.6) is 11.5 Å². The summed E-state index contributed by atoms with van der Waals surface area (Å²) < 4.78 is 39.3. The number of non-ortho nitro benzene ring substituents is 1. The van der Waals surface area contributed by atoms with Crippen molar-refractivity contribution in [3.8, 4) is 11.5 Å². The van der Waals surface area contributed by atoms with E-state index in [2.05, 4.69) is 15.2 Å². The van der Waals surface area contributed by atoms with Crippen molar-refractivity contribution in [1.29, 1.82) is 0 Å². The topological polar surface area (TPSA) is 132 Å². The van der Waals surface area contributed by atoms with E-state index in [1.165, 1.54) is 32.6 Å². The summed E-state index contributed by atoms with van der Waals surface area (Å²) in [7, 11) is -1.15. The Hall–Kier alpha value is -4.12. The van der Waals surface area contributed by atoms with Crippen molar-refractivity contribution in [3.63, 3.8) is 0 Å². The number of nitro groups is 1. The van der Waals surface area contributed by atoms with Gasteiger partial charge in [-0.2, -0.15) is 5.10 Å². The quantitative estimate of drug-likeness (QED) is 0.260. The van der Waals surface area contributed by atoms with Gasteiger partial charge in [0.25, 0.3) is 15.7 Å². The van der Waals surface area contributed by atoms with Gasteiger partial charge in [-0.1, -0.05) is 17.7 Å². The average molecular weight is 485 g/mol. The molecule has 0 saturated carbocycles. The van der Waals surface area contributed by atoms with E-state index in [1.807, 2.05) is 13.0 Å². The van der Waals surface area contributed by atoms with E-state index in [0.717, 1.165) is 11.6 Å². The largest absolute Gasteiger partial charge is 0.497 e. The molecule has 0 aliphatic carbocycles. The predicted octanol–water partition coefficient (Wildman–Crippen LogP) is 4.48. The Labute approximate surface area is 197 Å². The maximum atomic E-state index is 13.2. The van der Waals surface area contributed by atoms with E-state index in [9.17, 15) is 18.5 Å². The van der Waals surface area contributed by atoms with Gasteiger partial charge in [-0.15, -0.1) is 0 Å². The molecule has 3 aromatic rings. The molecule has 0 heterocycles. The first-order chi connectivity index (χ1) is 16.1. The molecule has 2 N–H and O–H groups in total. The highest BCUT2D eigenvalue weighted by molar-refractivity contribution is 7.92. The molecule has 34 heavy (non-hydrogen) atoms. The molecule has 3 rings (SSSR count). The molecule has 0 spiro atoms. The second-order valence-electron chi connectivity index (χ2n) is 7.34. The minimum atomic E-state index is -4.18. The van der Waals surface area contributed by atoms with Gasteiger partial charge < -0.3 is 9.47 Å². The monoisotopic (exact) mass is 484 g/mol. The molecule has 0 amide bonds. The van der Waals surface area contributed by atoms with Crippen molar-refractivity contribution in [2.75, 3.05) is 24.4 Å². The number of nitrogens with zero attached hydrogens (tertiary/aromatic N) is 2. The number of sulfonamides is 1. The Kier molecular flexibility index (Phi) is 7.37. The van der Waals surface area contributed by atoms with E-state index < -0.39 is 14.9 Å². The predicted molar refractivity (Wildman–Crippen MR) is 131 cm³/mol. The van der Waals surface area contributed by atoms with Gasteiger partial charge in [0, 0.05) is 23.8 Å². The van der Waals surface area contributed by atoms with E-state index in [-0.39, 0.29) is 16.3 Å². The Balaban J connectivity index is 1.96. The maximum Gasteiger partial charge on any atom is 0.270 e. The lowest BCUT2D eigenvalue weighted by Crippen LogP contribution is -2.16. The summed E-state index contributed by atoms with van der Waals surface area (Å²) in [6.45, 7) is 3.66. The molecule has 0 bridgehead atoms. The van der Waals surface area contributed by atoms with Crippen molar-refractivity contribution in [2.45, 2.75) is 18.7 Å². The average Bonchev–Trinajstić information content (AvgIpc) is 2.81. The normalized spacial score (nSPS) is 11.3. The van der Waals surface area contributed by atoms with Crippen molar-refractivity contribution >= 4 is 33.3 Å². The number of methoxy groups -OCH3 is 2. The van der Waals surface area contributed by atoms with Gasteiger partial charge in [-0.25, -0.2) is 8.42 Å². The number of benzene rings is 3. The molecule has 3 aromatic carbocycles. The Morgan fingerprint density at radius 1 is 0.971 bits per heavy atom. The van der Waals surface area contributed by atoms with Gasteiger partial charge in [0.15, 0.2) is 0 Å². The molecule has 0 saturated heterocycles. The third kappa shape index (κ3) is 5.62. The second-order valence-corrected chi connectivity index (χ2v) is 8.99. The summed E-state index contributed by atoms with van der Waals surface area (Å²) in [5.74, 6) is 1.10.